The van der Waals surface area contributed by atoms with Gasteiger partial charge in [-0.15, -0.1) is 0 Å². The number of hydrogen-bond donors (Lipinski definition) is 0. The third-order valence-electron chi connectivity index (χ3n) is 7.68. The first kappa shape index (κ1) is 19.0. The van der Waals surface area contributed by atoms with Crippen molar-refractivity contribution in [3.05, 3.63) is 29.3 Å². The Morgan fingerprint density at radius 3 is 2.81 bits per heavy atom. The van der Waals surface area contributed by atoms with Gasteiger partial charge in [0.1, 0.15) is 11.5 Å². The standard InChI is InChI=1S/C24H35NO2/c1-24-13-12-20-19-9-7-18(27-15-5-4-14-25(2)3)16-17(19)6-8-21(20)22(24)10-11-23(24)26/h7,9,16,20-22H,4-6,8,10-15H2,1-3H3/t20-,21-,22+,24+/m1/s1. The number of fused-ring (bicyclic) bond motifs is 5. The summed E-state index contributed by atoms with van der Waals surface area (Å²) in [6.45, 7) is 4.19. The summed E-state index contributed by atoms with van der Waals surface area (Å²) in [7, 11) is 4.24. The van der Waals surface area contributed by atoms with Crippen LogP contribution >= 0.6 is 0 Å². The largest absolute Gasteiger partial charge is 0.494 e. The van der Waals surface area contributed by atoms with Gasteiger partial charge in [0, 0.05) is 11.8 Å². The van der Waals surface area contributed by atoms with Crippen LogP contribution in [-0.4, -0.2) is 37.9 Å². The van der Waals surface area contributed by atoms with Crippen molar-refractivity contribution in [2.45, 2.75) is 64.2 Å². The van der Waals surface area contributed by atoms with E-state index < -0.39 is 0 Å². The van der Waals surface area contributed by atoms with Crippen LogP contribution in [0.1, 0.15) is 68.9 Å². The minimum Gasteiger partial charge on any atom is -0.494 e. The van der Waals surface area contributed by atoms with Crippen LogP contribution in [0.5, 0.6) is 5.75 Å². The van der Waals surface area contributed by atoms with E-state index in [2.05, 4.69) is 44.1 Å². The first-order valence-electron chi connectivity index (χ1n) is 10.9. The lowest BCUT2D eigenvalue weighted by molar-refractivity contribution is -0.129. The maximum absolute atomic E-state index is 12.5. The number of carbonyl (C=O) groups excluding carboxylic acids is 1. The van der Waals surface area contributed by atoms with Crippen molar-refractivity contribution in [2.75, 3.05) is 27.2 Å². The number of nitrogens with zero attached hydrogens (tertiary/aromatic N) is 1. The molecule has 0 saturated heterocycles. The Labute approximate surface area is 164 Å². The third kappa shape index (κ3) is 3.55. The Morgan fingerprint density at radius 2 is 2.00 bits per heavy atom. The summed E-state index contributed by atoms with van der Waals surface area (Å²) in [6, 6.07) is 6.81. The van der Waals surface area contributed by atoms with Crippen LogP contribution in [0.3, 0.4) is 0 Å². The van der Waals surface area contributed by atoms with Crippen LogP contribution in [0.4, 0.5) is 0 Å². The fourth-order valence-electron chi connectivity index (χ4n) is 6.14. The average Bonchev–Trinajstić information content (AvgIpc) is 2.96. The molecule has 2 saturated carbocycles. The lowest BCUT2D eigenvalue weighted by atomic mass is 9.55. The molecule has 0 amide bonds. The lowest BCUT2D eigenvalue weighted by Crippen LogP contribution is -2.42. The zero-order valence-corrected chi connectivity index (χ0v) is 17.3. The molecule has 4 atom stereocenters. The van der Waals surface area contributed by atoms with Crippen molar-refractivity contribution in [3.63, 3.8) is 0 Å². The van der Waals surface area contributed by atoms with E-state index in [1.165, 1.54) is 24.8 Å². The SMILES string of the molecule is CN(C)CCCCOc1ccc2c(c1)CC[C@@H]1[C@@H]2CC[C@]2(C)C(=O)CC[C@@H]12. The number of ketones is 1. The maximum atomic E-state index is 12.5. The van der Waals surface area contributed by atoms with Gasteiger partial charge < -0.3 is 9.64 Å². The van der Waals surface area contributed by atoms with Crippen LogP contribution in [-0.2, 0) is 11.2 Å². The summed E-state index contributed by atoms with van der Waals surface area (Å²) in [4.78, 5) is 14.7. The molecule has 3 aliphatic rings. The predicted molar refractivity (Wildman–Crippen MR) is 109 cm³/mol. The first-order valence-corrected chi connectivity index (χ1v) is 10.9. The minimum atomic E-state index is -0.0196. The zero-order chi connectivity index (χ0) is 19.0. The van der Waals surface area contributed by atoms with Gasteiger partial charge in [0.25, 0.3) is 0 Å². The Morgan fingerprint density at radius 1 is 1.15 bits per heavy atom. The highest BCUT2D eigenvalue weighted by atomic mass is 16.5. The number of benzene rings is 1. The third-order valence-corrected chi connectivity index (χ3v) is 7.68. The first-order chi connectivity index (χ1) is 13.0. The van der Waals surface area contributed by atoms with E-state index in [1.54, 1.807) is 5.56 Å². The molecule has 3 heteroatoms. The molecule has 148 valence electrons. The highest BCUT2D eigenvalue weighted by molar-refractivity contribution is 5.87. The van der Waals surface area contributed by atoms with Gasteiger partial charge in [-0.1, -0.05) is 13.0 Å². The number of rotatable bonds is 6. The molecule has 0 spiro atoms. The summed E-state index contributed by atoms with van der Waals surface area (Å²) in [5, 5.41) is 0. The second kappa shape index (κ2) is 7.58. The summed E-state index contributed by atoms with van der Waals surface area (Å²) in [6.07, 6.45) is 8.89. The average molecular weight is 370 g/mol. The van der Waals surface area contributed by atoms with Gasteiger partial charge in [-0.05, 0) is 107 Å². The smallest absolute Gasteiger partial charge is 0.139 e. The van der Waals surface area contributed by atoms with E-state index in [0.717, 1.165) is 51.0 Å². The molecule has 1 aromatic carbocycles. The maximum Gasteiger partial charge on any atom is 0.139 e. The molecule has 27 heavy (non-hydrogen) atoms. The topological polar surface area (TPSA) is 29.5 Å². The van der Waals surface area contributed by atoms with Gasteiger partial charge in [-0.2, -0.15) is 0 Å². The highest BCUT2D eigenvalue weighted by Gasteiger charge is 2.54. The highest BCUT2D eigenvalue weighted by Crippen LogP contribution is 2.59. The summed E-state index contributed by atoms with van der Waals surface area (Å²) >= 11 is 0. The van der Waals surface area contributed by atoms with Gasteiger partial charge in [0.15, 0.2) is 0 Å². The fraction of sp³-hybridized carbons (Fsp3) is 0.708. The van der Waals surface area contributed by atoms with Crippen molar-refractivity contribution in [3.8, 4) is 5.75 Å². The Bertz CT molecular complexity index is 698. The normalized spacial score (nSPS) is 32.1. The minimum absolute atomic E-state index is 0.0196. The van der Waals surface area contributed by atoms with Crippen molar-refractivity contribution >= 4 is 5.78 Å². The van der Waals surface area contributed by atoms with Gasteiger partial charge in [-0.3, -0.25) is 4.79 Å². The predicted octanol–water partition coefficient (Wildman–Crippen LogP) is 4.83. The number of ether oxygens (including phenoxy) is 1. The molecule has 0 aliphatic heterocycles. The molecule has 2 fully saturated rings. The zero-order valence-electron chi connectivity index (χ0n) is 17.3. The molecule has 0 radical (unpaired) electrons. The Hall–Kier alpha value is -1.35. The van der Waals surface area contributed by atoms with Crippen LogP contribution in [0.15, 0.2) is 18.2 Å². The summed E-state index contributed by atoms with van der Waals surface area (Å²) in [5.41, 5.74) is 3.02. The van der Waals surface area contributed by atoms with Gasteiger partial charge >= 0.3 is 0 Å². The van der Waals surface area contributed by atoms with Crippen LogP contribution in [0.25, 0.3) is 0 Å². The number of aryl methyl sites for hydroxylation is 1. The lowest BCUT2D eigenvalue weighted by Gasteiger charge is -2.48. The Kier molecular flexibility index (Phi) is 5.33. The molecule has 3 aliphatic carbocycles. The van der Waals surface area contributed by atoms with E-state index in [4.69, 9.17) is 4.74 Å². The summed E-state index contributed by atoms with van der Waals surface area (Å²) in [5.74, 6) is 3.56. The van der Waals surface area contributed by atoms with E-state index in [9.17, 15) is 4.79 Å². The van der Waals surface area contributed by atoms with Crippen LogP contribution in [0, 0.1) is 17.3 Å². The molecular weight excluding hydrogens is 334 g/mol. The second-order valence-corrected chi connectivity index (χ2v) is 9.55. The molecule has 0 bridgehead atoms. The van der Waals surface area contributed by atoms with Crippen LogP contribution < -0.4 is 4.74 Å². The van der Waals surface area contributed by atoms with Crippen molar-refractivity contribution < 1.29 is 9.53 Å². The van der Waals surface area contributed by atoms with Crippen LogP contribution in [0.2, 0.25) is 0 Å². The number of carbonyl (C=O) groups is 1. The molecular formula is C24H35NO2. The fourth-order valence-corrected chi connectivity index (χ4v) is 6.14. The molecule has 1 aromatic rings. The number of Topliss-reactive ketones (excluding diaryl/α,β-unsaturated/α-hetero) is 1. The number of hydrogen-bond acceptors (Lipinski definition) is 3. The van der Waals surface area contributed by atoms with Gasteiger partial charge in [0.05, 0.1) is 6.61 Å². The van der Waals surface area contributed by atoms with Crippen molar-refractivity contribution in [1.82, 2.24) is 4.90 Å². The van der Waals surface area contributed by atoms with E-state index in [1.807, 2.05) is 0 Å². The van der Waals surface area contributed by atoms with Gasteiger partial charge in [0.2, 0.25) is 0 Å². The summed E-state index contributed by atoms with van der Waals surface area (Å²) < 4.78 is 6.03. The molecule has 0 N–H and O–H groups in total. The van der Waals surface area contributed by atoms with E-state index in [0.29, 0.717) is 23.5 Å². The second-order valence-electron chi connectivity index (χ2n) is 9.55. The van der Waals surface area contributed by atoms with Gasteiger partial charge in [-0.25, -0.2) is 0 Å². The quantitative estimate of drug-likeness (QED) is 0.673. The Balaban J connectivity index is 1.41. The molecule has 0 unspecified atom stereocenters. The van der Waals surface area contributed by atoms with E-state index in [-0.39, 0.29) is 5.41 Å². The number of unbranched alkanes of at least 4 members (excludes halogenated alkanes) is 1. The molecule has 4 rings (SSSR count). The molecule has 3 nitrogen and oxygen atoms in total. The van der Waals surface area contributed by atoms with Crippen molar-refractivity contribution in [2.24, 2.45) is 17.3 Å². The monoisotopic (exact) mass is 369 g/mol. The molecule has 0 aromatic heterocycles. The molecule has 0 heterocycles. The van der Waals surface area contributed by atoms with Crippen molar-refractivity contribution in [1.29, 1.82) is 0 Å². The van der Waals surface area contributed by atoms with E-state index >= 15 is 0 Å².